The van der Waals surface area contributed by atoms with Crippen LogP contribution in [0.4, 0.5) is 5.69 Å². The summed E-state index contributed by atoms with van der Waals surface area (Å²) in [4.78, 5) is 14.6. The molecule has 0 atom stereocenters. The molecule has 0 bridgehead atoms. The zero-order valence-electron chi connectivity index (χ0n) is 16.4. The quantitative estimate of drug-likeness (QED) is 0.597. The van der Waals surface area contributed by atoms with Gasteiger partial charge in [0.15, 0.2) is 0 Å². The summed E-state index contributed by atoms with van der Waals surface area (Å²) in [7, 11) is 0. The van der Waals surface area contributed by atoms with E-state index < -0.39 is 0 Å². The molecule has 1 amide bonds. The first-order valence-corrected chi connectivity index (χ1v) is 9.99. The molecule has 2 aromatic rings. The normalized spacial score (nSPS) is 15.1. The van der Waals surface area contributed by atoms with E-state index in [0.717, 1.165) is 36.9 Å². The number of aryl methyl sites for hydroxylation is 1. The molecule has 1 heterocycles. The van der Waals surface area contributed by atoms with Gasteiger partial charge in [-0.05, 0) is 48.8 Å². The van der Waals surface area contributed by atoms with Crippen molar-refractivity contribution in [1.29, 1.82) is 5.26 Å². The SMILES string of the molecule is CCc1ccccc1N/C=C(/C#N)C(=O)N1CCC(Cc2ccccc2)CC1. The maximum atomic E-state index is 12.8. The molecule has 1 N–H and O–H groups in total. The number of para-hydroxylation sites is 1. The Labute approximate surface area is 167 Å². The fraction of sp³-hybridized carbons (Fsp3) is 0.333. The van der Waals surface area contributed by atoms with Gasteiger partial charge >= 0.3 is 0 Å². The van der Waals surface area contributed by atoms with Crippen molar-refractivity contribution in [3.05, 3.63) is 77.5 Å². The fourth-order valence-electron chi connectivity index (χ4n) is 3.72. The highest BCUT2D eigenvalue weighted by Gasteiger charge is 2.25. The second-order valence-electron chi connectivity index (χ2n) is 7.25. The lowest BCUT2D eigenvalue weighted by Gasteiger charge is -2.32. The Balaban J connectivity index is 1.57. The standard InChI is InChI=1S/C24H27N3O/c1-2-21-10-6-7-11-23(21)26-18-22(17-25)24(28)27-14-12-20(13-15-27)16-19-8-4-3-5-9-19/h3-11,18,20,26H,2,12-16H2,1H3/b22-18-. The number of piperidine rings is 1. The summed E-state index contributed by atoms with van der Waals surface area (Å²) in [6.45, 7) is 3.50. The third-order valence-electron chi connectivity index (χ3n) is 5.39. The van der Waals surface area contributed by atoms with Gasteiger partial charge in [0.25, 0.3) is 5.91 Å². The van der Waals surface area contributed by atoms with Crippen molar-refractivity contribution in [3.8, 4) is 6.07 Å². The smallest absolute Gasteiger partial charge is 0.266 e. The minimum atomic E-state index is -0.179. The van der Waals surface area contributed by atoms with Crippen LogP contribution in [0.5, 0.6) is 0 Å². The van der Waals surface area contributed by atoms with Gasteiger partial charge in [-0.25, -0.2) is 0 Å². The van der Waals surface area contributed by atoms with Gasteiger partial charge < -0.3 is 10.2 Å². The van der Waals surface area contributed by atoms with E-state index in [1.54, 1.807) is 6.20 Å². The van der Waals surface area contributed by atoms with Gasteiger partial charge in [0.1, 0.15) is 11.6 Å². The van der Waals surface area contributed by atoms with Crippen LogP contribution in [0, 0.1) is 17.2 Å². The summed E-state index contributed by atoms with van der Waals surface area (Å²) in [5.74, 6) is 0.415. The summed E-state index contributed by atoms with van der Waals surface area (Å²) in [6.07, 6.45) is 5.45. The monoisotopic (exact) mass is 373 g/mol. The minimum Gasteiger partial charge on any atom is -0.360 e. The molecule has 144 valence electrons. The van der Waals surface area contributed by atoms with Gasteiger partial charge in [-0.3, -0.25) is 4.79 Å². The Kier molecular flexibility index (Phi) is 6.86. The van der Waals surface area contributed by atoms with E-state index >= 15 is 0 Å². The predicted molar refractivity (Wildman–Crippen MR) is 113 cm³/mol. The Morgan fingerprint density at radius 1 is 1.14 bits per heavy atom. The number of hydrogen-bond donors (Lipinski definition) is 1. The molecule has 1 aliphatic heterocycles. The number of carbonyl (C=O) groups excluding carboxylic acids is 1. The Bertz CT molecular complexity index is 859. The second kappa shape index (κ2) is 9.75. The number of anilines is 1. The summed E-state index contributed by atoms with van der Waals surface area (Å²) in [5, 5.41) is 12.6. The highest BCUT2D eigenvalue weighted by molar-refractivity contribution is 5.97. The number of carbonyl (C=O) groups is 1. The maximum absolute atomic E-state index is 12.8. The number of nitriles is 1. The predicted octanol–water partition coefficient (Wildman–Crippen LogP) is 4.55. The summed E-state index contributed by atoms with van der Waals surface area (Å²) in [6, 6.07) is 20.5. The summed E-state index contributed by atoms with van der Waals surface area (Å²) >= 11 is 0. The molecule has 1 saturated heterocycles. The molecule has 0 aliphatic carbocycles. The average Bonchev–Trinajstić information content (AvgIpc) is 2.75. The van der Waals surface area contributed by atoms with Gasteiger partial charge in [-0.1, -0.05) is 55.5 Å². The molecule has 4 nitrogen and oxygen atoms in total. The van der Waals surface area contributed by atoms with Gasteiger partial charge in [0.2, 0.25) is 0 Å². The summed E-state index contributed by atoms with van der Waals surface area (Å²) < 4.78 is 0. The highest BCUT2D eigenvalue weighted by atomic mass is 16.2. The van der Waals surface area contributed by atoms with Crippen LogP contribution in [-0.2, 0) is 17.6 Å². The van der Waals surface area contributed by atoms with E-state index in [0.29, 0.717) is 19.0 Å². The number of rotatable bonds is 6. The third-order valence-corrected chi connectivity index (χ3v) is 5.39. The molecule has 2 aromatic carbocycles. The number of hydrogen-bond acceptors (Lipinski definition) is 3. The molecule has 0 spiro atoms. The van der Waals surface area contributed by atoms with Crippen LogP contribution in [0.15, 0.2) is 66.4 Å². The van der Waals surface area contributed by atoms with E-state index in [9.17, 15) is 10.1 Å². The fourth-order valence-corrected chi connectivity index (χ4v) is 3.72. The number of nitrogens with one attached hydrogen (secondary N) is 1. The van der Waals surface area contributed by atoms with Crippen molar-refractivity contribution in [2.75, 3.05) is 18.4 Å². The van der Waals surface area contributed by atoms with Crippen molar-refractivity contribution in [3.63, 3.8) is 0 Å². The van der Waals surface area contributed by atoms with Crippen molar-refractivity contribution >= 4 is 11.6 Å². The topological polar surface area (TPSA) is 56.1 Å². The summed E-state index contributed by atoms with van der Waals surface area (Å²) in [5.41, 5.74) is 3.61. The van der Waals surface area contributed by atoms with Crippen LogP contribution in [0.1, 0.15) is 30.9 Å². The molecule has 0 radical (unpaired) electrons. The molecule has 4 heteroatoms. The van der Waals surface area contributed by atoms with Gasteiger partial charge in [-0.2, -0.15) is 5.26 Å². The van der Waals surface area contributed by atoms with Crippen molar-refractivity contribution < 1.29 is 4.79 Å². The number of benzene rings is 2. The Morgan fingerprint density at radius 3 is 2.50 bits per heavy atom. The van der Waals surface area contributed by atoms with Crippen LogP contribution in [-0.4, -0.2) is 23.9 Å². The molecule has 0 unspecified atom stereocenters. The molecular formula is C24H27N3O. The molecule has 28 heavy (non-hydrogen) atoms. The van der Waals surface area contributed by atoms with Crippen LogP contribution >= 0.6 is 0 Å². The van der Waals surface area contributed by atoms with Crippen molar-refractivity contribution in [1.82, 2.24) is 4.90 Å². The number of likely N-dealkylation sites (tertiary alicyclic amines) is 1. The van der Waals surface area contributed by atoms with E-state index in [4.69, 9.17) is 0 Å². The molecule has 1 fully saturated rings. The lowest BCUT2D eigenvalue weighted by Crippen LogP contribution is -2.39. The third kappa shape index (κ3) is 5.01. The van der Waals surface area contributed by atoms with Gasteiger partial charge in [0, 0.05) is 25.0 Å². The van der Waals surface area contributed by atoms with E-state index in [1.165, 1.54) is 5.56 Å². The lowest BCUT2D eigenvalue weighted by atomic mass is 9.90. The molecule has 0 saturated carbocycles. The van der Waals surface area contributed by atoms with Crippen LogP contribution in [0.2, 0.25) is 0 Å². The van der Waals surface area contributed by atoms with Crippen molar-refractivity contribution in [2.45, 2.75) is 32.6 Å². The van der Waals surface area contributed by atoms with Crippen LogP contribution in [0.25, 0.3) is 0 Å². The highest BCUT2D eigenvalue weighted by Crippen LogP contribution is 2.23. The molecule has 3 rings (SSSR count). The van der Waals surface area contributed by atoms with Crippen molar-refractivity contribution in [2.24, 2.45) is 5.92 Å². The van der Waals surface area contributed by atoms with Crippen LogP contribution in [0.3, 0.4) is 0 Å². The first-order chi connectivity index (χ1) is 13.7. The van der Waals surface area contributed by atoms with Gasteiger partial charge in [-0.15, -0.1) is 0 Å². The van der Waals surface area contributed by atoms with Gasteiger partial charge in [0.05, 0.1) is 0 Å². The Morgan fingerprint density at radius 2 is 1.82 bits per heavy atom. The van der Waals surface area contributed by atoms with Crippen LogP contribution < -0.4 is 5.32 Å². The largest absolute Gasteiger partial charge is 0.360 e. The number of nitrogens with zero attached hydrogens (tertiary/aromatic N) is 2. The molecule has 1 aliphatic rings. The minimum absolute atomic E-state index is 0.160. The second-order valence-corrected chi connectivity index (χ2v) is 7.25. The molecule has 0 aromatic heterocycles. The number of amides is 1. The zero-order chi connectivity index (χ0) is 19.8. The maximum Gasteiger partial charge on any atom is 0.266 e. The Hall–Kier alpha value is -3.06. The lowest BCUT2D eigenvalue weighted by molar-refractivity contribution is -0.128. The zero-order valence-corrected chi connectivity index (χ0v) is 16.4. The van der Waals surface area contributed by atoms with E-state index in [1.807, 2.05) is 35.2 Å². The first-order valence-electron chi connectivity index (χ1n) is 9.99. The average molecular weight is 374 g/mol. The van der Waals surface area contributed by atoms with E-state index in [-0.39, 0.29) is 11.5 Å². The molecular weight excluding hydrogens is 346 g/mol. The first kappa shape index (κ1) is 19.7. The van der Waals surface area contributed by atoms with E-state index in [2.05, 4.69) is 42.6 Å².